The predicted octanol–water partition coefficient (Wildman–Crippen LogP) is 1.48. The maximum Gasteiger partial charge on any atom is 0.243 e. The lowest BCUT2D eigenvalue weighted by Crippen LogP contribution is -2.63. The lowest BCUT2D eigenvalue weighted by molar-refractivity contribution is -0.147. The minimum absolute atomic E-state index is 0.182. The number of amides is 1. The summed E-state index contributed by atoms with van der Waals surface area (Å²) in [5, 5.41) is 3.33. The minimum atomic E-state index is -0.460. The van der Waals surface area contributed by atoms with Crippen LogP contribution in [0.25, 0.3) is 0 Å². The van der Waals surface area contributed by atoms with Crippen LogP contribution in [0.5, 0.6) is 0 Å². The zero-order chi connectivity index (χ0) is 14.7. The van der Waals surface area contributed by atoms with E-state index in [4.69, 9.17) is 0 Å². The minimum Gasteiger partial charge on any atom is -0.333 e. The number of nitrogens with one attached hydrogen (secondary N) is 1. The number of rotatable bonds is 4. The van der Waals surface area contributed by atoms with Crippen LogP contribution >= 0.6 is 0 Å². The normalized spacial score (nSPS) is 18.2. The molecule has 0 aromatic heterocycles. The van der Waals surface area contributed by atoms with Crippen molar-refractivity contribution in [1.82, 2.24) is 15.1 Å². The van der Waals surface area contributed by atoms with Crippen molar-refractivity contribution in [1.29, 1.82) is 0 Å². The average Bonchev–Trinajstić information content (AvgIpc) is 2.34. The Morgan fingerprint density at radius 2 is 1.79 bits per heavy atom. The molecule has 0 aromatic carbocycles. The molecular formula is C15H29N3O. The van der Waals surface area contributed by atoms with Crippen molar-refractivity contribution in [3.63, 3.8) is 0 Å². The molecule has 4 nitrogen and oxygen atoms in total. The highest BCUT2D eigenvalue weighted by molar-refractivity contribution is 5.86. The van der Waals surface area contributed by atoms with Gasteiger partial charge in [-0.15, -0.1) is 6.58 Å². The molecule has 0 aromatic rings. The Kier molecular flexibility index (Phi) is 5.16. The smallest absolute Gasteiger partial charge is 0.243 e. The van der Waals surface area contributed by atoms with Crippen LogP contribution in [0.2, 0.25) is 0 Å². The third-order valence-corrected chi connectivity index (χ3v) is 3.80. The fourth-order valence-corrected chi connectivity index (χ4v) is 2.48. The lowest BCUT2D eigenvalue weighted by atomic mass is 9.95. The molecule has 1 amide bonds. The van der Waals surface area contributed by atoms with Gasteiger partial charge in [-0.25, -0.2) is 0 Å². The van der Waals surface area contributed by atoms with Crippen LogP contribution in [0.4, 0.5) is 0 Å². The van der Waals surface area contributed by atoms with Gasteiger partial charge in [0.15, 0.2) is 0 Å². The number of carbonyl (C=O) groups is 1. The maximum atomic E-state index is 12.9. The molecule has 0 atom stereocenters. The van der Waals surface area contributed by atoms with E-state index in [1.165, 1.54) is 0 Å². The van der Waals surface area contributed by atoms with Gasteiger partial charge < -0.3 is 10.2 Å². The molecule has 0 spiro atoms. The third kappa shape index (κ3) is 3.80. The van der Waals surface area contributed by atoms with Gasteiger partial charge in [0, 0.05) is 38.3 Å². The highest BCUT2D eigenvalue weighted by Gasteiger charge is 2.40. The maximum absolute atomic E-state index is 12.9. The van der Waals surface area contributed by atoms with Gasteiger partial charge in [-0.2, -0.15) is 0 Å². The summed E-state index contributed by atoms with van der Waals surface area (Å²) in [6.45, 7) is 18.4. The Balaban J connectivity index is 2.90. The molecule has 1 N–H and O–H groups in total. The van der Waals surface area contributed by atoms with Gasteiger partial charge in [0.05, 0.1) is 5.54 Å². The molecule has 1 heterocycles. The first kappa shape index (κ1) is 16.2. The molecule has 1 fully saturated rings. The fraction of sp³-hybridized carbons (Fsp3) is 0.800. The van der Waals surface area contributed by atoms with E-state index in [1.807, 2.05) is 18.7 Å². The molecule has 1 rings (SSSR count). The molecule has 1 saturated heterocycles. The molecule has 1 aliphatic rings. The Labute approximate surface area is 117 Å². The molecule has 19 heavy (non-hydrogen) atoms. The number of hydrogen-bond acceptors (Lipinski definition) is 3. The van der Waals surface area contributed by atoms with Gasteiger partial charge in [-0.3, -0.25) is 9.69 Å². The Morgan fingerprint density at radius 1 is 1.26 bits per heavy atom. The average molecular weight is 267 g/mol. The summed E-state index contributed by atoms with van der Waals surface area (Å²) < 4.78 is 0. The van der Waals surface area contributed by atoms with E-state index in [2.05, 4.69) is 37.6 Å². The molecule has 1 aliphatic heterocycles. The van der Waals surface area contributed by atoms with E-state index < -0.39 is 5.54 Å². The van der Waals surface area contributed by atoms with Crippen molar-refractivity contribution in [3.8, 4) is 0 Å². The SMILES string of the molecule is C=CCN(C(=O)C(C)(C)N1CCNCC1)C(C)(C)C. The molecule has 4 heteroatoms. The topological polar surface area (TPSA) is 35.6 Å². The second-order valence-electron chi connectivity index (χ2n) is 6.67. The largest absolute Gasteiger partial charge is 0.333 e. The van der Waals surface area contributed by atoms with E-state index in [1.54, 1.807) is 6.08 Å². The zero-order valence-electron chi connectivity index (χ0n) is 13.1. The number of nitrogens with zero attached hydrogens (tertiary/aromatic N) is 2. The van der Waals surface area contributed by atoms with E-state index in [0.29, 0.717) is 6.54 Å². The van der Waals surface area contributed by atoms with Crippen LogP contribution < -0.4 is 5.32 Å². The summed E-state index contributed by atoms with van der Waals surface area (Å²) in [4.78, 5) is 17.1. The first-order valence-corrected chi connectivity index (χ1v) is 7.10. The summed E-state index contributed by atoms with van der Waals surface area (Å²) >= 11 is 0. The van der Waals surface area contributed by atoms with Crippen LogP contribution in [0.3, 0.4) is 0 Å². The van der Waals surface area contributed by atoms with Gasteiger partial charge in [0.2, 0.25) is 5.91 Å². The number of piperazine rings is 1. The molecule has 0 bridgehead atoms. The first-order chi connectivity index (χ1) is 8.71. The molecule has 0 unspecified atom stereocenters. The highest BCUT2D eigenvalue weighted by atomic mass is 16.2. The summed E-state index contributed by atoms with van der Waals surface area (Å²) in [7, 11) is 0. The zero-order valence-corrected chi connectivity index (χ0v) is 13.1. The van der Waals surface area contributed by atoms with Gasteiger partial charge in [0.25, 0.3) is 0 Å². The van der Waals surface area contributed by atoms with E-state index in [0.717, 1.165) is 26.2 Å². The van der Waals surface area contributed by atoms with Gasteiger partial charge in [-0.1, -0.05) is 6.08 Å². The van der Waals surface area contributed by atoms with Gasteiger partial charge >= 0.3 is 0 Å². The quantitative estimate of drug-likeness (QED) is 0.784. The molecule has 0 aliphatic carbocycles. The second kappa shape index (κ2) is 6.06. The van der Waals surface area contributed by atoms with E-state index >= 15 is 0 Å². The summed E-state index contributed by atoms with van der Waals surface area (Å²) in [5.74, 6) is 0.182. The van der Waals surface area contributed by atoms with E-state index in [9.17, 15) is 4.79 Å². The fourth-order valence-electron chi connectivity index (χ4n) is 2.48. The molecule has 0 saturated carbocycles. The van der Waals surface area contributed by atoms with Crippen LogP contribution in [0.15, 0.2) is 12.7 Å². The molecule has 110 valence electrons. The number of carbonyl (C=O) groups excluding carboxylic acids is 1. The van der Waals surface area contributed by atoms with E-state index in [-0.39, 0.29) is 11.4 Å². The summed E-state index contributed by atoms with van der Waals surface area (Å²) in [6.07, 6.45) is 1.80. The monoisotopic (exact) mass is 267 g/mol. The van der Waals surface area contributed by atoms with Gasteiger partial charge in [-0.05, 0) is 34.6 Å². The third-order valence-electron chi connectivity index (χ3n) is 3.80. The van der Waals surface area contributed by atoms with Crippen LogP contribution in [-0.4, -0.2) is 59.5 Å². The van der Waals surface area contributed by atoms with Crippen molar-refractivity contribution >= 4 is 5.91 Å². The summed E-state index contributed by atoms with van der Waals surface area (Å²) in [5.41, 5.74) is -0.644. The second-order valence-corrected chi connectivity index (χ2v) is 6.67. The standard InChI is InChI=1S/C15H29N3O/c1-7-10-18(14(2,3)4)13(19)15(5,6)17-11-8-16-9-12-17/h7,16H,1,8-12H2,2-6H3. The number of hydrogen-bond donors (Lipinski definition) is 1. The van der Waals surface area contributed by atoms with Crippen LogP contribution in [0, 0.1) is 0 Å². The first-order valence-electron chi connectivity index (χ1n) is 7.10. The van der Waals surface area contributed by atoms with Crippen LogP contribution in [0.1, 0.15) is 34.6 Å². The Bertz CT molecular complexity index is 325. The molecular weight excluding hydrogens is 238 g/mol. The lowest BCUT2D eigenvalue weighted by Gasteiger charge is -2.46. The van der Waals surface area contributed by atoms with Crippen LogP contribution in [-0.2, 0) is 4.79 Å². The predicted molar refractivity (Wildman–Crippen MR) is 80.2 cm³/mol. The van der Waals surface area contributed by atoms with Crippen molar-refractivity contribution in [2.45, 2.75) is 45.7 Å². The molecule has 0 radical (unpaired) electrons. The summed E-state index contributed by atoms with van der Waals surface area (Å²) in [6, 6.07) is 0. The van der Waals surface area contributed by atoms with Crippen molar-refractivity contribution in [2.24, 2.45) is 0 Å². The van der Waals surface area contributed by atoms with Crippen molar-refractivity contribution in [2.75, 3.05) is 32.7 Å². The van der Waals surface area contributed by atoms with Crippen molar-refractivity contribution in [3.05, 3.63) is 12.7 Å². The highest BCUT2D eigenvalue weighted by Crippen LogP contribution is 2.23. The Morgan fingerprint density at radius 3 is 2.21 bits per heavy atom. The van der Waals surface area contributed by atoms with Gasteiger partial charge in [0.1, 0.15) is 0 Å². The van der Waals surface area contributed by atoms with Crippen molar-refractivity contribution < 1.29 is 4.79 Å². The Hall–Kier alpha value is -0.870.